The van der Waals surface area contributed by atoms with Gasteiger partial charge >= 0.3 is 0 Å². The maximum Gasteiger partial charge on any atom is 0.243 e. The largest absolute Gasteiger partial charge is 0.373 e. The Morgan fingerprint density at radius 2 is 1.77 bits per heavy atom. The first-order chi connectivity index (χ1) is 10.5. The van der Waals surface area contributed by atoms with Crippen molar-refractivity contribution in [3.63, 3.8) is 0 Å². The highest BCUT2D eigenvalue weighted by molar-refractivity contribution is 6.19. The zero-order valence-electron chi connectivity index (χ0n) is 12.2. The molecule has 0 heterocycles. The molecule has 0 unspecified atom stereocenters. The molecule has 0 radical (unpaired) electrons. The molecule has 0 aromatic heterocycles. The van der Waals surface area contributed by atoms with Gasteiger partial charge in [0.25, 0.3) is 0 Å². The highest BCUT2D eigenvalue weighted by Gasteiger charge is 2.17. The van der Waals surface area contributed by atoms with Gasteiger partial charge in [-0.15, -0.1) is 0 Å². The lowest BCUT2D eigenvalue weighted by Gasteiger charge is -2.12. The van der Waals surface area contributed by atoms with Crippen molar-refractivity contribution in [3.05, 3.63) is 53.3 Å². The number of hydrogen-bond donors (Lipinski definition) is 3. The predicted molar refractivity (Wildman–Crippen MR) is 82.8 cm³/mol. The second kappa shape index (κ2) is 6.82. The van der Waals surface area contributed by atoms with Gasteiger partial charge in [0.1, 0.15) is 0 Å². The molecule has 22 heavy (non-hydrogen) atoms. The number of anilines is 1. The van der Waals surface area contributed by atoms with Gasteiger partial charge in [0.2, 0.25) is 11.7 Å². The van der Waals surface area contributed by atoms with E-state index in [9.17, 15) is 14.4 Å². The van der Waals surface area contributed by atoms with E-state index in [-0.39, 0.29) is 29.7 Å². The number of allylic oxidation sites excluding steroid dienone is 3. The van der Waals surface area contributed by atoms with Crippen LogP contribution < -0.4 is 16.4 Å². The molecule has 2 rings (SSSR count). The Bertz CT molecular complexity index is 672. The number of hydrogen-bond acceptors (Lipinski definition) is 5. The molecule has 6 nitrogen and oxygen atoms in total. The SMILES string of the molecule is CC1=CC(=O)C(NCC(=O)Nc2ccc(CN)cc2)=CC1=O. The van der Waals surface area contributed by atoms with Gasteiger partial charge < -0.3 is 16.4 Å². The average molecular weight is 299 g/mol. The third kappa shape index (κ3) is 3.89. The monoisotopic (exact) mass is 299 g/mol. The number of rotatable bonds is 5. The fourth-order valence-corrected chi connectivity index (χ4v) is 1.90. The smallest absolute Gasteiger partial charge is 0.243 e. The van der Waals surface area contributed by atoms with Crippen LogP contribution >= 0.6 is 0 Å². The predicted octanol–water partition coefficient (Wildman–Crippen LogP) is 0.655. The molecule has 0 spiro atoms. The number of ketones is 2. The normalized spacial score (nSPS) is 14.3. The van der Waals surface area contributed by atoms with Crippen LogP contribution in [0, 0.1) is 0 Å². The molecule has 0 atom stereocenters. The highest BCUT2D eigenvalue weighted by atomic mass is 16.2. The van der Waals surface area contributed by atoms with Crippen molar-refractivity contribution in [2.45, 2.75) is 13.5 Å². The number of amides is 1. The molecule has 0 fully saturated rings. The van der Waals surface area contributed by atoms with Crippen molar-refractivity contribution < 1.29 is 14.4 Å². The summed E-state index contributed by atoms with van der Waals surface area (Å²) in [4.78, 5) is 35.0. The van der Waals surface area contributed by atoms with Gasteiger partial charge in [0.05, 0.1) is 12.2 Å². The van der Waals surface area contributed by atoms with E-state index in [0.717, 1.165) is 5.56 Å². The van der Waals surface area contributed by atoms with Gasteiger partial charge in [-0.1, -0.05) is 12.1 Å². The van der Waals surface area contributed by atoms with Crippen LogP contribution in [0.15, 0.2) is 47.7 Å². The van der Waals surface area contributed by atoms with Crippen molar-refractivity contribution >= 4 is 23.2 Å². The first kappa shape index (κ1) is 15.7. The Labute approximate surface area is 128 Å². The van der Waals surface area contributed by atoms with Gasteiger partial charge in [-0.2, -0.15) is 0 Å². The second-order valence-corrected chi connectivity index (χ2v) is 4.92. The summed E-state index contributed by atoms with van der Waals surface area (Å²) < 4.78 is 0. The molecular formula is C16H17N3O3. The molecule has 1 aliphatic carbocycles. The van der Waals surface area contributed by atoms with Crippen LogP contribution in [0.1, 0.15) is 12.5 Å². The molecule has 1 amide bonds. The Morgan fingerprint density at radius 1 is 1.09 bits per heavy atom. The quantitative estimate of drug-likeness (QED) is 0.693. The summed E-state index contributed by atoms with van der Waals surface area (Å²) in [5, 5.41) is 5.37. The van der Waals surface area contributed by atoms with Gasteiger partial charge in [0.15, 0.2) is 5.78 Å². The van der Waals surface area contributed by atoms with Crippen LogP contribution in [0.4, 0.5) is 5.69 Å². The van der Waals surface area contributed by atoms with Gasteiger partial charge in [-0.25, -0.2) is 0 Å². The summed E-state index contributed by atoms with van der Waals surface area (Å²) in [6.07, 6.45) is 2.47. The standard InChI is InChI=1S/C16H17N3O3/c1-10-6-15(21)13(7-14(10)20)18-9-16(22)19-12-4-2-11(8-17)3-5-12/h2-7,18H,8-9,17H2,1H3,(H,19,22). The van der Waals surface area contributed by atoms with E-state index in [2.05, 4.69) is 10.6 Å². The zero-order chi connectivity index (χ0) is 16.1. The molecule has 0 saturated carbocycles. The van der Waals surface area contributed by atoms with E-state index < -0.39 is 0 Å². The van der Waals surface area contributed by atoms with Crippen molar-refractivity contribution in [1.82, 2.24) is 5.32 Å². The number of nitrogens with one attached hydrogen (secondary N) is 2. The van der Waals surface area contributed by atoms with Crippen LogP contribution in [0.25, 0.3) is 0 Å². The minimum Gasteiger partial charge on any atom is -0.373 e. The minimum atomic E-state index is -0.312. The van der Waals surface area contributed by atoms with E-state index >= 15 is 0 Å². The first-order valence-corrected chi connectivity index (χ1v) is 6.81. The van der Waals surface area contributed by atoms with E-state index in [4.69, 9.17) is 5.73 Å². The number of carbonyl (C=O) groups is 3. The molecule has 114 valence electrons. The van der Waals surface area contributed by atoms with Crippen molar-refractivity contribution in [2.75, 3.05) is 11.9 Å². The molecule has 0 aliphatic heterocycles. The van der Waals surface area contributed by atoms with E-state index in [1.165, 1.54) is 12.2 Å². The Kier molecular flexibility index (Phi) is 4.85. The average Bonchev–Trinajstić information content (AvgIpc) is 2.50. The van der Waals surface area contributed by atoms with Crippen LogP contribution in [0.3, 0.4) is 0 Å². The first-order valence-electron chi connectivity index (χ1n) is 6.81. The summed E-state index contributed by atoms with van der Waals surface area (Å²) in [6.45, 7) is 1.91. The van der Waals surface area contributed by atoms with Gasteiger partial charge in [-0.05, 0) is 30.7 Å². The topological polar surface area (TPSA) is 101 Å². The van der Waals surface area contributed by atoms with Crippen molar-refractivity contribution in [2.24, 2.45) is 5.73 Å². The summed E-state index contributed by atoms with van der Waals surface area (Å²) in [6, 6.07) is 7.15. The third-order valence-corrected chi connectivity index (χ3v) is 3.19. The summed E-state index contributed by atoms with van der Waals surface area (Å²) in [7, 11) is 0. The van der Waals surface area contributed by atoms with Gasteiger partial charge in [0, 0.05) is 23.9 Å². The Balaban J connectivity index is 1.89. The zero-order valence-corrected chi connectivity index (χ0v) is 12.2. The Morgan fingerprint density at radius 3 is 2.41 bits per heavy atom. The summed E-state index contributed by atoms with van der Waals surface area (Å²) >= 11 is 0. The second-order valence-electron chi connectivity index (χ2n) is 4.92. The summed E-state index contributed by atoms with van der Waals surface area (Å²) in [5.41, 5.74) is 7.62. The molecule has 1 aromatic carbocycles. The van der Waals surface area contributed by atoms with E-state index in [0.29, 0.717) is 17.8 Å². The molecule has 1 aromatic rings. The fraction of sp³-hybridized carbons (Fsp3) is 0.188. The van der Waals surface area contributed by atoms with Gasteiger partial charge in [-0.3, -0.25) is 14.4 Å². The molecule has 0 bridgehead atoms. The van der Waals surface area contributed by atoms with Crippen molar-refractivity contribution in [3.8, 4) is 0 Å². The summed E-state index contributed by atoms with van der Waals surface area (Å²) in [5.74, 6) is -0.856. The van der Waals surface area contributed by atoms with E-state index in [1.807, 2.05) is 12.1 Å². The molecular weight excluding hydrogens is 282 g/mol. The van der Waals surface area contributed by atoms with Crippen molar-refractivity contribution in [1.29, 1.82) is 0 Å². The fourth-order valence-electron chi connectivity index (χ4n) is 1.90. The maximum absolute atomic E-state index is 11.8. The van der Waals surface area contributed by atoms with E-state index in [1.54, 1.807) is 19.1 Å². The lowest BCUT2D eigenvalue weighted by atomic mass is 10.0. The number of benzene rings is 1. The lowest BCUT2D eigenvalue weighted by Crippen LogP contribution is -2.31. The van der Waals surface area contributed by atoms with Crippen LogP contribution in [-0.2, 0) is 20.9 Å². The maximum atomic E-state index is 11.8. The number of nitrogens with two attached hydrogens (primary N) is 1. The van der Waals surface area contributed by atoms with Crippen LogP contribution in [0.2, 0.25) is 0 Å². The molecule has 0 saturated heterocycles. The molecule has 4 N–H and O–H groups in total. The lowest BCUT2D eigenvalue weighted by molar-refractivity contribution is -0.116. The number of carbonyl (C=O) groups excluding carboxylic acids is 3. The molecule has 1 aliphatic rings. The van der Waals surface area contributed by atoms with Crippen LogP contribution in [-0.4, -0.2) is 24.0 Å². The molecule has 6 heteroatoms. The minimum absolute atomic E-state index is 0.101. The third-order valence-electron chi connectivity index (χ3n) is 3.19. The highest BCUT2D eigenvalue weighted by Crippen LogP contribution is 2.10. The Hall–Kier alpha value is -2.73. The van der Waals surface area contributed by atoms with Crippen LogP contribution in [0.5, 0.6) is 0 Å².